The molecule has 0 radical (unpaired) electrons. The zero-order valence-corrected chi connectivity index (χ0v) is 16.1. The van der Waals surface area contributed by atoms with Crippen molar-refractivity contribution in [3.63, 3.8) is 0 Å². The Balaban J connectivity index is 1.46. The number of hydrazine groups is 1. The summed E-state index contributed by atoms with van der Waals surface area (Å²) in [6, 6.07) is 8.45. The molecule has 1 fully saturated rings. The van der Waals surface area contributed by atoms with Crippen molar-refractivity contribution >= 4 is 17.7 Å². The summed E-state index contributed by atoms with van der Waals surface area (Å²) in [5.41, 5.74) is 5.28. The van der Waals surface area contributed by atoms with E-state index in [9.17, 15) is 27.6 Å². The van der Waals surface area contributed by atoms with Crippen LogP contribution in [0.15, 0.2) is 36.5 Å². The van der Waals surface area contributed by atoms with Crippen molar-refractivity contribution in [2.75, 3.05) is 6.54 Å². The first-order valence-electron chi connectivity index (χ1n) is 9.14. The maximum absolute atomic E-state index is 12.5. The standard InChI is InChI=1S/C19H20F3N5O3/c1-12-2-4-13(5-3-12)9-26-10-14(8-17(26)29)18(30)24-23-16(28)11-27-7-6-15(25-27)19(20,21)22/h2-7,14H,8-11H2,1H3,(H,23,28)(H,24,30)/t14-/m0/s1. The van der Waals surface area contributed by atoms with Crippen molar-refractivity contribution in [1.29, 1.82) is 0 Å². The van der Waals surface area contributed by atoms with Gasteiger partial charge in [0.1, 0.15) is 6.54 Å². The van der Waals surface area contributed by atoms with Crippen molar-refractivity contribution in [3.05, 3.63) is 53.3 Å². The number of rotatable bonds is 5. The highest BCUT2D eigenvalue weighted by molar-refractivity contribution is 5.90. The van der Waals surface area contributed by atoms with Crippen molar-refractivity contribution in [3.8, 4) is 0 Å². The number of hydrogen-bond donors (Lipinski definition) is 2. The number of likely N-dealkylation sites (tertiary alicyclic amines) is 1. The minimum Gasteiger partial charge on any atom is -0.338 e. The van der Waals surface area contributed by atoms with Gasteiger partial charge >= 0.3 is 6.18 Å². The van der Waals surface area contributed by atoms with Gasteiger partial charge in [-0.3, -0.25) is 29.9 Å². The van der Waals surface area contributed by atoms with E-state index in [0.717, 1.165) is 28.1 Å². The largest absolute Gasteiger partial charge is 0.435 e. The Morgan fingerprint density at radius 3 is 2.50 bits per heavy atom. The van der Waals surface area contributed by atoms with Crippen LogP contribution in [0.3, 0.4) is 0 Å². The molecule has 3 rings (SSSR count). The third-order valence-corrected chi connectivity index (χ3v) is 4.64. The lowest BCUT2D eigenvalue weighted by atomic mass is 10.1. The van der Waals surface area contributed by atoms with Crippen molar-refractivity contribution in [1.82, 2.24) is 25.5 Å². The Hall–Kier alpha value is -3.37. The minimum absolute atomic E-state index is 0.0155. The van der Waals surface area contributed by atoms with Crippen LogP contribution in [0.2, 0.25) is 0 Å². The Kier molecular flexibility index (Phi) is 6.09. The molecule has 3 amide bonds. The van der Waals surface area contributed by atoms with Crippen molar-refractivity contribution in [2.24, 2.45) is 5.92 Å². The van der Waals surface area contributed by atoms with Gasteiger partial charge in [-0.2, -0.15) is 18.3 Å². The molecule has 0 unspecified atom stereocenters. The van der Waals surface area contributed by atoms with Gasteiger partial charge in [0.25, 0.3) is 5.91 Å². The normalized spacial score (nSPS) is 16.6. The van der Waals surface area contributed by atoms with Gasteiger partial charge in [-0.1, -0.05) is 29.8 Å². The number of halogens is 3. The lowest BCUT2D eigenvalue weighted by Crippen LogP contribution is -2.46. The van der Waals surface area contributed by atoms with E-state index in [1.54, 1.807) is 4.90 Å². The van der Waals surface area contributed by atoms with Gasteiger partial charge in [0, 0.05) is 25.7 Å². The summed E-state index contributed by atoms with van der Waals surface area (Å²) >= 11 is 0. The molecule has 1 saturated heterocycles. The minimum atomic E-state index is -4.60. The van der Waals surface area contributed by atoms with E-state index in [2.05, 4.69) is 16.0 Å². The summed E-state index contributed by atoms with van der Waals surface area (Å²) in [5.74, 6) is -2.09. The number of benzene rings is 1. The summed E-state index contributed by atoms with van der Waals surface area (Å²) < 4.78 is 38.4. The van der Waals surface area contributed by atoms with E-state index < -0.39 is 36.1 Å². The molecule has 1 atom stereocenters. The quantitative estimate of drug-likeness (QED) is 0.711. The van der Waals surface area contributed by atoms with Gasteiger partial charge in [-0.05, 0) is 18.6 Å². The molecule has 1 aliphatic rings. The summed E-state index contributed by atoms with van der Waals surface area (Å²) in [4.78, 5) is 37.8. The summed E-state index contributed by atoms with van der Waals surface area (Å²) in [6.45, 7) is 2.05. The predicted octanol–water partition coefficient (Wildman–Crippen LogP) is 1.41. The molecule has 11 heteroatoms. The van der Waals surface area contributed by atoms with E-state index in [0.29, 0.717) is 6.54 Å². The summed E-state index contributed by atoms with van der Waals surface area (Å²) in [5, 5.41) is 3.26. The molecule has 1 aromatic carbocycles. The first kappa shape index (κ1) is 21.3. The number of alkyl halides is 3. The number of carbonyl (C=O) groups is 3. The maximum Gasteiger partial charge on any atom is 0.435 e. The van der Waals surface area contributed by atoms with Gasteiger partial charge in [-0.25, -0.2) is 0 Å². The lowest BCUT2D eigenvalue weighted by molar-refractivity contribution is -0.141. The molecule has 1 aromatic heterocycles. The molecule has 0 aliphatic carbocycles. The first-order valence-corrected chi connectivity index (χ1v) is 9.14. The van der Waals surface area contributed by atoms with Crippen LogP contribution in [-0.4, -0.2) is 38.9 Å². The highest BCUT2D eigenvalue weighted by Gasteiger charge is 2.35. The molecule has 2 aromatic rings. The Morgan fingerprint density at radius 2 is 1.87 bits per heavy atom. The summed E-state index contributed by atoms with van der Waals surface area (Å²) in [7, 11) is 0. The average Bonchev–Trinajstić information content (AvgIpc) is 3.29. The van der Waals surface area contributed by atoms with E-state index in [1.807, 2.05) is 31.2 Å². The first-order chi connectivity index (χ1) is 14.1. The molecule has 30 heavy (non-hydrogen) atoms. The van der Waals surface area contributed by atoms with Gasteiger partial charge in [0.15, 0.2) is 5.69 Å². The van der Waals surface area contributed by atoms with Crippen LogP contribution in [0.25, 0.3) is 0 Å². The molecular formula is C19H20F3N5O3. The smallest absolute Gasteiger partial charge is 0.338 e. The molecule has 2 N–H and O–H groups in total. The fraction of sp³-hybridized carbons (Fsp3) is 0.368. The highest BCUT2D eigenvalue weighted by atomic mass is 19.4. The monoisotopic (exact) mass is 423 g/mol. The number of carbonyl (C=O) groups excluding carboxylic acids is 3. The van der Waals surface area contributed by atoms with Crippen LogP contribution in [-0.2, 0) is 33.6 Å². The van der Waals surface area contributed by atoms with Crippen molar-refractivity contribution < 1.29 is 27.6 Å². The zero-order chi connectivity index (χ0) is 21.9. The average molecular weight is 423 g/mol. The van der Waals surface area contributed by atoms with Crippen LogP contribution in [0.4, 0.5) is 13.2 Å². The van der Waals surface area contributed by atoms with Crippen LogP contribution in [0.1, 0.15) is 23.2 Å². The van der Waals surface area contributed by atoms with Crippen LogP contribution < -0.4 is 10.9 Å². The third-order valence-electron chi connectivity index (χ3n) is 4.64. The second kappa shape index (κ2) is 8.56. The Morgan fingerprint density at radius 1 is 1.17 bits per heavy atom. The number of aryl methyl sites for hydroxylation is 1. The van der Waals surface area contributed by atoms with Crippen molar-refractivity contribution in [2.45, 2.75) is 32.6 Å². The summed E-state index contributed by atoms with van der Waals surface area (Å²) in [6.07, 6.45) is -3.57. The molecule has 8 nitrogen and oxygen atoms in total. The zero-order valence-electron chi connectivity index (χ0n) is 16.1. The van der Waals surface area contributed by atoms with Gasteiger partial charge in [0.05, 0.1) is 5.92 Å². The Bertz CT molecular complexity index is 940. The fourth-order valence-electron chi connectivity index (χ4n) is 3.04. The molecule has 0 spiro atoms. The van der Waals surface area contributed by atoms with Crippen LogP contribution in [0.5, 0.6) is 0 Å². The van der Waals surface area contributed by atoms with E-state index in [1.165, 1.54) is 0 Å². The van der Waals surface area contributed by atoms with Gasteiger partial charge in [-0.15, -0.1) is 0 Å². The molecular weight excluding hydrogens is 403 g/mol. The van der Waals surface area contributed by atoms with Gasteiger partial charge < -0.3 is 4.90 Å². The predicted molar refractivity (Wildman–Crippen MR) is 98.2 cm³/mol. The topological polar surface area (TPSA) is 96.3 Å². The number of nitrogens with one attached hydrogen (secondary N) is 2. The number of nitrogens with zero attached hydrogens (tertiary/aromatic N) is 3. The Labute approximate surface area is 170 Å². The second-order valence-corrected chi connectivity index (χ2v) is 7.09. The molecule has 2 heterocycles. The highest BCUT2D eigenvalue weighted by Crippen LogP contribution is 2.27. The molecule has 160 valence electrons. The molecule has 0 bridgehead atoms. The fourth-order valence-corrected chi connectivity index (χ4v) is 3.04. The SMILES string of the molecule is Cc1ccc(CN2C[C@@H](C(=O)NNC(=O)Cn3ccc(C(F)(F)F)n3)CC2=O)cc1. The maximum atomic E-state index is 12.5. The molecule has 1 aliphatic heterocycles. The van der Waals surface area contributed by atoms with Crippen LogP contribution in [0, 0.1) is 12.8 Å². The number of aromatic nitrogens is 2. The van der Waals surface area contributed by atoms with E-state index in [4.69, 9.17) is 0 Å². The van der Waals surface area contributed by atoms with Gasteiger partial charge in [0.2, 0.25) is 11.8 Å². The molecule has 0 saturated carbocycles. The second-order valence-electron chi connectivity index (χ2n) is 7.09. The third kappa shape index (κ3) is 5.37. The number of amides is 3. The van der Waals surface area contributed by atoms with Crippen LogP contribution >= 0.6 is 0 Å². The van der Waals surface area contributed by atoms with E-state index in [-0.39, 0.29) is 18.9 Å². The van der Waals surface area contributed by atoms with E-state index >= 15 is 0 Å². The lowest BCUT2D eigenvalue weighted by Gasteiger charge is -2.17. The number of hydrogen-bond acceptors (Lipinski definition) is 4.